The fourth-order valence-electron chi connectivity index (χ4n) is 3.27. The number of halogens is 2. The first-order valence-corrected chi connectivity index (χ1v) is 9.75. The van der Waals surface area contributed by atoms with Gasteiger partial charge in [-0.05, 0) is 44.2 Å². The van der Waals surface area contributed by atoms with Crippen molar-refractivity contribution in [3.63, 3.8) is 0 Å². The molecule has 0 atom stereocenters. The molecule has 0 unspecified atom stereocenters. The van der Waals surface area contributed by atoms with Gasteiger partial charge in [0.25, 0.3) is 18.2 Å². The van der Waals surface area contributed by atoms with E-state index in [1.807, 2.05) is 6.92 Å². The molecular formula is C21H19F2N7O2. The molecule has 4 aromatic rings. The molecule has 4 rings (SSSR count). The third kappa shape index (κ3) is 4.04. The van der Waals surface area contributed by atoms with Crippen LogP contribution in [0.5, 0.6) is 0 Å². The zero-order chi connectivity index (χ0) is 22.8. The second-order valence-corrected chi connectivity index (χ2v) is 6.94. The summed E-state index contributed by atoms with van der Waals surface area (Å²) in [6.07, 6.45) is -0.0274. The molecule has 2 amide bonds. The molecule has 0 aliphatic carbocycles. The molecule has 164 valence electrons. The summed E-state index contributed by atoms with van der Waals surface area (Å²) >= 11 is 0. The van der Waals surface area contributed by atoms with Crippen molar-refractivity contribution in [3.05, 3.63) is 71.4 Å². The first kappa shape index (κ1) is 21.1. The smallest absolute Gasteiger partial charge is 0.280 e. The fraction of sp³-hybridized carbons (Fsp3) is 0.190. The van der Waals surface area contributed by atoms with Crippen molar-refractivity contribution in [2.24, 2.45) is 0 Å². The van der Waals surface area contributed by atoms with Crippen LogP contribution in [0.1, 0.15) is 45.6 Å². The summed E-state index contributed by atoms with van der Waals surface area (Å²) in [5, 5.41) is 13.4. The minimum atomic E-state index is -2.76. The van der Waals surface area contributed by atoms with E-state index in [2.05, 4.69) is 25.8 Å². The normalized spacial score (nSPS) is 11.2. The van der Waals surface area contributed by atoms with Crippen LogP contribution >= 0.6 is 0 Å². The van der Waals surface area contributed by atoms with Gasteiger partial charge in [0.05, 0.1) is 6.20 Å². The lowest BCUT2D eigenvalue weighted by Gasteiger charge is -2.09. The molecule has 11 heteroatoms. The topological polar surface area (TPSA) is 106 Å². The number of rotatable bonds is 6. The minimum absolute atomic E-state index is 0.0371. The first-order chi connectivity index (χ1) is 15.4. The van der Waals surface area contributed by atoms with Crippen molar-refractivity contribution in [3.8, 4) is 0 Å². The van der Waals surface area contributed by atoms with Gasteiger partial charge in [-0.25, -0.2) is 18.3 Å². The van der Waals surface area contributed by atoms with Crippen molar-refractivity contribution < 1.29 is 18.4 Å². The number of anilines is 2. The Kier molecular flexibility index (Phi) is 5.63. The fourth-order valence-corrected chi connectivity index (χ4v) is 3.27. The van der Waals surface area contributed by atoms with E-state index in [1.54, 1.807) is 48.1 Å². The highest BCUT2D eigenvalue weighted by atomic mass is 19.3. The van der Waals surface area contributed by atoms with Crippen molar-refractivity contribution in [2.45, 2.75) is 26.8 Å². The molecular weight excluding hydrogens is 420 g/mol. The first-order valence-electron chi connectivity index (χ1n) is 9.75. The number of alkyl halides is 2. The molecule has 0 saturated heterocycles. The zero-order valence-corrected chi connectivity index (χ0v) is 17.2. The molecule has 2 N–H and O–H groups in total. The Hall–Kier alpha value is -4.15. The van der Waals surface area contributed by atoms with Crippen molar-refractivity contribution >= 4 is 28.8 Å². The van der Waals surface area contributed by atoms with Gasteiger partial charge in [0, 0.05) is 29.8 Å². The largest absolute Gasteiger partial charge is 0.322 e. The van der Waals surface area contributed by atoms with Crippen LogP contribution in [0.15, 0.2) is 48.8 Å². The van der Waals surface area contributed by atoms with E-state index < -0.39 is 12.3 Å². The van der Waals surface area contributed by atoms with Crippen LogP contribution in [-0.2, 0) is 6.54 Å². The van der Waals surface area contributed by atoms with Crippen LogP contribution in [0.4, 0.5) is 20.2 Å². The molecule has 3 heterocycles. The Balaban J connectivity index is 1.55. The monoisotopic (exact) mass is 439 g/mol. The summed E-state index contributed by atoms with van der Waals surface area (Å²) in [7, 11) is 0. The molecule has 32 heavy (non-hydrogen) atoms. The predicted octanol–water partition coefficient (Wildman–Crippen LogP) is 3.70. The maximum Gasteiger partial charge on any atom is 0.280 e. The number of aromatic nitrogens is 5. The van der Waals surface area contributed by atoms with Gasteiger partial charge in [-0.15, -0.1) is 0 Å². The molecule has 9 nitrogen and oxygen atoms in total. The SMILES string of the molecule is CCn1nccc1C(=O)Nc1cccc(NC(=O)c2cnn3c(C(F)F)cc(C)nc23)c1. The number of hydrogen-bond acceptors (Lipinski definition) is 5. The summed E-state index contributed by atoms with van der Waals surface area (Å²) in [6, 6.07) is 9.39. The minimum Gasteiger partial charge on any atom is -0.322 e. The standard InChI is InChI=1S/C21H19F2N7O2/c1-3-29-16(7-8-24-29)21(32)28-14-6-4-5-13(10-14)27-20(31)15-11-25-30-17(18(22)23)9-12(2)26-19(15)30/h4-11,18H,3H2,1-2H3,(H,27,31)(H,28,32). The highest BCUT2D eigenvalue weighted by Gasteiger charge is 2.20. The van der Waals surface area contributed by atoms with Gasteiger partial charge in [-0.2, -0.15) is 10.2 Å². The van der Waals surface area contributed by atoms with Gasteiger partial charge >= 0.3 is 0 Å². The lowest BCUT2D eigenvalue weighted by Crippen LogP contribution is -2.17. The summed E-state index contributed by atoms with van der Waals surface area (Å²) in [6.45, 7) is 3.99. The second kappa shape index (κ2) is 8.53. The van der Waals surface area contributed by atoms with E-state index in [-0.39, 0.29) is 22.8 Å². The Morgan fingerprint density at radius 2 is 1.78 bits per heavy atom. The van der Waals surface area contributed by atoms with Gasteiger partial charge in [0.15, 0.2) is 5.65 Å². The summed E-state index contributed by atoms with van der Waals surface area (Å²) in [5.41, 5.74) is 1.36. The van der Waals surface area contributed by atoms with E-state index >= 15 is 0 Å². The Labute approximate surface area is 181 Å². The molecule has 3 aromatic heterocycles. The number of carbonyl (C=O) groups is 2. The van der Waals surface area contributed by atoms with Crippen LogP contribution in [0, 0.1) is 6.92 Å². The lowest BCUT2D eigenvalue weighted by molar-refractivity contribution is 0.101. The number of benzene rings is 1. The summed E-state index contributed by atoms with van der Waals surface area (Å²) in [5.74, 6) is -0.902. The number of fused-ring (bicyclic) bond motifs is 1. The van der Waals surface area contributed by atoms with Crippen molar-refractivity contribution in [1.29, 1.82) is 0 Å². The highest BCUT2D eigenvalue weighted by Crippen LogP contribution is 2.23. The molecule has 0 saturated carbocycles. The number of hydrogen-bond donors (Lipinski definition) is 2. The van der Waals surface area contributed by atoms with Gasteiger partial charge in [0.1, 0.15) is 17.0 Å². The molecule has 0 spiro atoms. The Morgan fingerprint density at radius 3 is 2.47 bits per heavy atom. The third-order valence-corrected chi connectivity index (χ3v) is 4.72. The van der Waals surface area contributed by atoms with Crippen LogP contribution in [-0.4, -0.2) is 36.2 Å². The van der Waals surface area contributed by atoms with E-state index in [0.29, 0.717) is 29.3 Å². The number of aryl methyl sites for hydroxylation is 2. The number of amides is 2. The van der Waals surface area contributed by atoms with Crippen LogP contribution in [0.3, 0.4) is 0 Å². The molecule has 0 aliphatic heterocycles. The maximum absolute atomic E-state index is 13.3. The lowest BCUT2D eigenvalue weighted by atomic mass is 10.2. The maximum atomic E-state index is 13.3. The van der Waals surface area contributed by atoms with Gasteiger partial charge in [0.2, 0.25) is 0 Å². The van der Waals surface area contributed by atoms with Gasteiger partial charge < -0.3 is 10.6 Å². The molecule has 0 radical (unpaired) electrons. The number of nitrogens with one attached hydrogen (secondary N) is 2. The van der Waals surface area contributed by atoms with Crippen molar-refractivity contribution in [1.82, 2.24) is 24.4 Å². The molecule has 0 bridgehead atoms. The van der Waals surface area contributed by atoms with Gasteiger partial charge in [-0.1, -0.05) is 6.07 Å². The quantitative estimate of drug-likeness (QED) is 0.477. The number of carbonyl (C=O) groups excluding carboxylic acids is 2. The van der Waals surface area contributed by atoms with Gasteiger partial charge in [-0.3, -0.25) is 14.3 Å². The van der Waals surface area contributed by atoms with E-state index in [4.69, 9.17) is 0 Å². The zero-order valence-electron chi connectivity index (χ0n) is 17.2. The average molecular weight is 439 g/mol. The van der Waals surface area contributed by atoms with Crippen LogP contribution in [0.2, 0.25) is 0 Å². The van der Waals surface area contributed by atoms with Crippen LogP contribution in [0.25, 0.3) is 5.65 Å². The Bertz CT molecular complexity index is 1310. The van der Waals surface area contributed by atoms with E-state index in [0.717, 1.165) is 4.52 Å². The second-order valence-electron chi connectivity index (χ2n) is 6.94. The van der Waals surface area contributed by atoms with Crippen molar-refractivity contribution in [2.75, 3.05) is 10.6 Å². The Morgan fingerprint density at radius 1 is 1.06 bits per heavy atom. The van der Waals surface area contributed by atoms with E-state index in [9.17, 15) is 18.4 Å². The summed E-state index contributed by atoms with van der Waals surface area (Å²) in [4.78, 5) is 29.5. The summed E-state index contributed by atoms with van der Waals surface area (Å²) < 4.78 is 29.1. The average Bonchev–Trinajstić information content (AvgIpc) is 3.40. The highest BCUT2D eigenvalue weighted by molar-refractivity contribution is 6.08. The number of nitrogens with zero attached hydrogens (tertiary/aromatic N) is 5. The van der Waals surface area contributed by atoms with E-state index in [1.165, 1.54) is 12.3 Å². The molecule has 0 fully saturated rings. The molecule has 0 aliphatic rings. The third-order valence-electron chi connectivity index (χ3n) is 4.72. The predicted molar refractivity (Wildman–Crippen MR) is 113 cm³/mol. The molecule has 1 aromatic carbocycles. The van der Waals surface area contributed by atoms with Crippen LogP contribution < -0.4 is 10.6 Å².